The van der Waals surface area contributed by atoms with Gasteiger partial charge in [-0.1, -0.05) is 221 Å². The van der Waals surface area contributed by atoms with Gasteiger partial charge >= 0.3 is 17.9 Å². The van der Waals surface area contributed by atoms with E-state index in [0.717, 1.165) is 96.3 Å². The smallest absolute Gasteiger partial charge is 0.306 e. The van der Waals surface area contributed by atoms with Crippen LogP contribution in [0, 0.1) is 0 Å². The van der Waals surface area contributed by atoms with E-state index in [1.807, 2.05) is 0 Å². The second kappa shape index (κ2) is 57.2. The minimum atomic E-state index is -0.807. The Bertz CT molecular complexity index is 1330. The minimum absolute atomic E-state index is 0.100. The molecule has 0 radical (unpaired) electrons. The predicted molar refractivity (Wildman–Crippen MR) is 297 cm³/mol. The van der Waals surface area contributed by atoms with Gasteiger partial charge in [0, 0.05) is 19.3 Å². The van der Waals surface area contributed by atoms with Gasteiger partial charge in [0.05, 0.1) is 0 Å². The molecule has 69 heavy (non-hydrogen) atoms. The number of esters is 3. The van der Waals surface area contributed by atoms with E-state index in [2.05, 4.69) is 106 Å². The highest BCUT2D eigenvalue weighted by Gasteiger charge is 2.19. The van der Waals surface area contributed by atoms with Crippen LogP contribution in [0.4, 0.5) is 0 Å². The summed E-state index contributed by atoms with van der Waals surface area (Å²) in [5.41, 5.74) is 0. The third-order valence-electron chi connectivity index (χ3n) is 12.3. The topological polar surface area (TPSA) is 78.9 Å². The average molecular weight is 962 g/mol. The molecular weight excluding hydrogens is 853 g/mol. The fraction of sp³-hybridized carbons (Fsp3) is 0.730. The lowest BCUT2D eigenvalue weighted by atomic mass is 10.1. The molecule has 0 aliphatic carbocycles. The maximum Gasteiger partial charge on any atom is 0.306 e. The highest BCUT2D eigenvalue weighted by molar-refractivity contribution is 5.71. The van der Waals surface area contributed by atoms with Gasteiger partial charge < -0.3 is 14.2 Å². The van der Waals surface area contributed by atoms with Crippen molar-refractivity contribution in [3.8, 4) is 0 Å². The van der Waals surface area contributed by atoms with Crippen molar-refractivity contribution in [2.24, 2.45) is 0 Å². The van der Waals surface area contributed by atoms with Crippen molar-refractivity contribution < 1.29 is 28.6 Å². The molecule has 6 heteroatoms. The number of carbonyl (C=O) groups excluding carboxylic acids is 3. The summed E-state index contributed by atoms with van der Waals surface area (Å²) in [6.45, 7) is 6.54. The molecular formula is C63H108O6. The van der Waals surface area contributed by atoms with Crippen LogP contribution < -0.4 is 0 Å². The van der Waals surface area contributed by atoms with Gasteiger partial charge in [-0.3, -0.25) is 14.4 Å². The average Bonchev–Trinajstić information content (AvgIpc) is 3.35. The van der Waals surface area contributed by atoms with Crippen molar-refractivity contribution in [2.75, 3.05) is 13.2 Å². The first-order chi connectivity index (χ1) is 34.0. The van der Waals surface area contributed by atoms with Crippen molar-refractivity contribution in [2.45, 2.75) is 284 Å². The van der Waals surface area contributed by atoms with E-state index in [1.54, 1.807) is 0 Å². The Kier molecular flexibility index (Phi) is 54.3. The summed E-state index contributed by atoms with van der Waals surface area (Å²) in [6.07, 6.45) is 74.3. The Labute approximate surface area is 426 Å². The molecule has 0 saturated heterocycles. The monoisotopic (exact) mass is 961 g/mol. The minimum Gasteiger partial charge on any atom is -0.462 e. The van der Waals surface area contributed by atoms with Gasteiger partial charge in [0.1, 0.15) is 13.2 Å². The van der Waals surface area contributed by atoms with Crippen LogP contribution in [0.1, 0.15) is 278 Å². The molecule has 6 nitrogen and oxygen atoms in total. The van der Waals surface area contributed by atoms with Gasteiger partial charge in [0.2, 0.25) is 0 Å². The summed E-state index contributed by atoms with van der Waals surface area (Å²) in [7, 11) is 0. The molecule has 0 heterocycles. The van der Waals surface area contributed by atoms with E-state index in [4.69, 9.17) is 14.2 Å². The molecule has 0 aromatic rings. The van der Waals surface area contributed by atoms with Crippen molar-refractivity contribution >= 4 is 17.9 Å². The number of carbonyl (C=O) groups is 3. The maximum absolute atomic E-state index is 12.9. The number of unbranched alkanes of at least 4 members (excludes halogenated alkanes) is 27. The SMILES string of the molecule is CCCCC/C=C\C/C=C\C/C=C\CCCCCCC(=O)O[C@H](COC(=O)CCCC/C=C\C/C=C\C/C=C\CCCCC)COC(=O)CCCCCCCCC/C=C\CCCCCCCCCC. The fourth-order valence-corrected chi connectivity index (χ4v) is 7.92. The molecule has 0 aliphatic rings. The molecule has 0 saturated carbocycles. The summed E-state index contributed by atoms with van der Waals surface area (Å²) >= 11 is 0. The van der Waals surface area contributed by atoms with Crippen molar-refractivity contribution in [3.63, 3.8) is 0 Å². The van der Waals surface area contributed by atoms with Gasteiger partial charge in [-0.2, -0.15) is 0 Å². The molecule has 0 unspecified atom stereocenters. The molecule has 0 fully saturated rings. The van der Waals surface area contributed by atoms with E-state index in [1.165, 1.54) is 141 Å². The Morgan fingerprint density at radius 3 is 0.884 bits per heavy atom. The van der Waals surface area contributed by atoms with Crippen molar-refractivity contribution in [1.29, 1.82) is 0 Å². The van der Waals surface area contributed by atoms with Gasteiger partial charge in [-0.05, 0) is 122 Å². The van der Waals surface area contributed by atoms with Crippen molar-refractivity contribution in [3.05, 3.63) is 85.1 Å². The Morgan fingerprint density at radius 1 is 0.290 bits per heavy atom. The number of hydrogen-bond acceptors (Lipinski definition) is 6. The highest BCUT2D eigenvalue weighted by atomic mass is 16.6. The molecule has 396 valence electrons. The van der Waals surface area contributed by atoms with Crippen LogP contribution in [0.5, 0.6) is 0 Å². The van der Waals surface area contributed by atoms with E-state index in [9.17, 15) is 14.4 Å². The Hall–Kier alpha value is -3.41. The van der Waals surface area contributed by atoms with E-state index >= 15 is 0 Å². The summed E-state index contributed by atoms with van der Waals surface area (Å²) in [5, 5.41) is 0. The first-order valence-electron chi connectivity index (χ1n) is 29.1. The lowest BCUT2D eigenvalue weighted by molar-refractivity contribution is -0.167. The van der Waals surface area contributed by atoms with Crippen LogP contribution in [0.2, 0.25) is 0 Å². The molecule has 0 aromatic heterocycles. The quantitative estimate of drug-likeness (QED) is 0.0262. The zero-order valence-electron chi connectivity index (χ0n) is 45.3. The van der Waals surface area contributed by atoms with Crippen molar-refractivity contribution in [1.82, 2.24) is 0 Å². The maximum atomic E-state index is 12.9. The van der Waals surface area contributed by atoms with Gasteiger partial charge in [-0.25, -0.2) is 0 Å². The van der Waals surface area contributed by atoms with Crippen LogP contribution in [-0.2, 0) is 28.6 Å². The van der Waals surface area contributed by atoms with E-state index in [0.29, 0.717) is 19.3 Å². The Morgan fingerprint density at radius 2 is 0.522 bits per heavy atom. The van der Waals surface area contributed by atoms with Gasteiger partial charge in [0.25, 0.3) is 0 Å². The summed E-state index contributed by atoms with van der Waals surface area (Å²) < 4.78 is 16.8. The Balaban J connectivity index is 4.47. The zero-order valence-corrected chi connectivity index (χ0v) is 45.3. The number of hydrogen-bond donors (Lipinski definition) is 0. The largest absolute Gasteiger partial charge is 0.462 e. The first kappa shape index (κ1) is 65.6. The lowest BCUT2D eigenvalue weighted by Gasteiger charge is -2.18. The van der Waals surface area contributed by atoms with E-state index in [-0.39, 0.29) is 31.1 Å². The molecule has 0 N–H and O–H groups in total. The molecule has 0 spiro atoms. The first-order valence-corrected chi connectivity index (χ1v) is 29.1. The zero-order chi connectivity index (χ0) is 50.0. The molecule has 0 rings (SSSR count). The lowest BCUT2D eigenvalue weighted by Crippen LogP contribution is -2.30. The number of allylic oxidation sites excluding steroid dienone is 14. The normalized spacial score (nSPS) is 12.7. The van der Waals surface area contributed by atoms with Crippen LogP contribution >= 0.6 is 0 Å². The number of ether oxygens (including phenoxy) is 3. The summed E-state index contributed by atoms with van der Waals surface area (Å²) in [5.74, 6) is -0.961. The molecule has 0 aliphatic heterocycles. The van der Waals surface area contributed by atoms with Gasteiger partial charge in [0.15, 0.2) is 6.10 Å². The van der Waals surface area contributed by atoms with Crippen LogP contribution in [0.3, 0.4) is 0 Å². The molecule has 0 aromatic carbocycles. The second-order valence-electron chi connectivity index (χ2n) is 19.2. The highest BCUT2D eigenvalue weighted by Crippen LogP contribution is 2.14. The third kappa shape index (κ3) is 55.4. The fourth-order valence-electron chi connectivity index (χ4n) is 7.92. The molecule has 1 atom stereocenters. The predicted octanol–water partition coefficient (Wildman–Crippen LogP) is 19.5. The van der Waals surface area contributed by atoms with E-state index < -0.39 is 6.10 Å². The molecule has 0 amide bonds. The number of rotatable bonds is 52. The third-order valence-corrected chi connectivity index (χ3v) is 12.3. The summed E-state index contributed by atoms with van der Waals surface area (Å²) in [4.78, 5) is 38.2. The second-order valence-corrected chi connectivity index (χ2v) is 19.2. The molecule has 0 bridgehead atoms. The van der Waals surface area contributed by atoms with Gasteiger partial charge in [-0.15, -0.1) is 0 Å². The summed E-state index contributed by atoms with van der Waals surface area (Å²) in [6, 6.07) is 0. The van der Waals surface area contributed by atoms with Crippen LogP contribution in [0.15, 0.2) is 85.1 Å². The van der Waals surface area contributed by atoms with Crippen LogP contribution in [0.25, 0.3) is 0 Å². The standard InChI is InChI=1S/C63H108O6/c1-4-7-10-13-16-19-22-25-28-30-31-33-35-38-41-44-47-50-53-56-62(65)68-59-60(58-67-61(64)55-52-49-46-43-40-37-34-27-24-21-18-15-12-9-6-3)69-63(66)57-54-51-48-45-42-39-36-32-29-26-23-20-17-14-11-8-5-2/h17-18,20-21,26-27,29-31,34,36,39-40,43,60H,4-16,19,22-25,28,32-33,35,37-38,41-42,44-59H2,1-3H3/b20-17-,21-18-,29-26-,31-30-,34-27-,39-36-,43-40-/t60-/m1/s1. The van der Waals surface area contributed by atoms with Crippen LogP contribution in [-0.4, -0.2) is 37.2 Å².